The van der Waals surface area contributed by atoms with Crippen molar-refractivity contribution in [3.8, 4) is 5.75 Å². The number of fused-ring (bicyclic) bond motifs is 6. The zero-order valence-electron chi connectivity index (χ0n) is 18.4. The Kier molecular flexibility index (Phi) is 4.48. The monoisotopic (exact) mass is 430 g/mol. The van der Waals surface area contributed by atoms with Crippen LogP contribution in [0.4, 0.5) is 0 Å². The summed E-state index contributed by atoms with van der Waals surface area (Å²) >= 11 is 0. The number of hydrogen-bond donors (Lipinski definition) is 2. The topological polar surface area (TPSA) is 93.2 Å². The summed E-state index contributed by atoms with van der Waals surface area (Å²) in [4.78, 5) is 35.8. The van der Waals surface area contributed by atoms with E-state index in [1.54, 1.807) is 12.1 Å². The predicted molar refractivity (Wildman–Crippen MR) is 120 cm³/mol. The van der Waals surface area contributed by atoms with Gasteiger partial charge in [-0.3, -0.25) is 20.4 Å². The molecule has 0 radical (unpaired) electrons. The van der Waals surface area contributed by atoms with Crippen molar-refractivity contribution in [2.75, 3.05) is 6.61 Å². The van der Waals surface area contributed by atoms with Crippen molar-refractivity contribution in [2.24, 2.45) is 5.41 Å². The molecule has 0 saturated heterocycles. The Labute approximate surface area is 186 Å². The molecule has 7 heteroatoms. The minimum absolute atomic E-state index is 0.195. The summed E-state index contributed by atoms with van der Waals surface area (Å²) in [7, 11) is 0. The molecule has 2 aliphatic rings. The van der Waals surface area contributed by atoms with E-state index in [1.807, 2.05) is 42.5 Å². The van der Waals surface area contributed by atoms with Gasteiger partial charge in [0.15, 0.2) is 6.61 Å². The lowest BCUT2D eigenvalue weighted by Gasteiger charge is -2.39. The molecule has 2 aliphatic carbocycles. The first-order chi connectivity index (χ1) is 15.3. The summed E-state index contributed by atoms with van der Waals surface area (Å²) in [5.74, 6) is -0.102. The van der Waals surface area contributed by atoms with E-state index in [-0.39, 0.29) is 17.9 Å². The Bertz CT molecular complexity index is 1230. The zero-order chi connectivity index (χ0) is 22.6. The highest BCUT2D eigenvalue weighted by molar-refractivity contribution is 5.94. The highest BCUT2D eigenvalue weighted by Gasteiger charge is 2.73. The van der Waals surface area contributed by atoms with Gasteiger partial charge in [-0.25, -0.2) is 9.97 Å². The van der Waals surface area contributed by atoms with Crippen LogP contribution in [-0.2, 0) is 20.4 Å². The Balaban J connectivity index is 1.41. The van der Waals surface area contributed by atoms with Gasteiger partial charge in [0, 0.05) is 5.41 Å². The van der Waals surface area contributed by atoms with Crippen LogP contribution in [0.2, 0.25) is 0 Å². The van der Waals surface area contributed by atoms with Gasteiger partial charge in [0.2, 0.25) is 0 Å². The van der Waals surface area contributed by atoms with Gasteiger partial charge >= 0.3 is 0 Å². The summed E-state index contributed by atoms with van der Waals surface area (Å²) in [5.41, 5.74) is 6.81. The third kappa shape index (κ3) is 2.66. The molecule has 1 saturated carbocycles. The van der Waals surface area contributed by atoms with Crippen LogP contribution in [0.5, 0.6) is 5.75 Å². The van der Waals surface area contributed by atoms with Crippen LogP contribution >= 0.6 is 0 Å². The largest absolute Gasteiger partial charge is 0.484 e. The molecule has 2 aromatic carbocycles. The maximum atomic E-state index is 13.6. The fraction of sp³-hybridized carbons (Fsp3) is 0.360. The van der Waals surface area contributed by atoms with Crippen LogP contribution in [0.15, 0.2) is 54.6 Å². The van der Waals surface area contributed by atoms with E-state index in [9.17, 15) is 9.59 Å². The molecule has 0 spiro atoms. The minimum Gasteiger partial charge on any atom is -0.484 e. The van der Waals surface area contributed by atoms with Crippen LogP contribution in [0.1, 0.15) is 45.0 Å². The van der Waals surface area contributed by atoms with E-state index in [1.165, 1.54) is 0 Å². The van der Waals surface area contributed by atoms with Crippen molar-refractivity contribution in [2.45, 2.75) is 44.4 Å². The first-order valence-corrected chi connectivity index (χ1v) is 10.8. The van der Waals surface area contributed by atoms with Gasteiger partial charge in [-0.05, 0) is 42.5 Å². The lowest BCUT2D eigenvalue weighted by molar-refractivity contribution is -0.135. The van der Waals surface area contributed by atoms with E-state index in [0.717, 1.165) is 28.8 Å². The Morgan fingerprint density at radius 3 is 2.19 bits per heavy atom. The number of carbonyl (C=O) groups excluding carboxylic acids is 2. The summed E-state index contributed by atoms with van der Waals surface area (Å²) < 4.78 is 5.46. The molecule has 164 valence electrons. The molecule has 2 bridgehead atoms. The molecule has 32 heavy (non-hydrogen) atoms. The molecule has 5 rings (SSSR count). The van der Waals surface area contributed by atoms with Gasteiger partial charge < -0.3 is 4.74 Å². The van der Waals surface area contributed by atoms with Crippen molar-refractivity contribution in [1.82, 2.24) is 20.8 Å². The van der Waals surface area contributed by atoms with Gasteiger partial charge in [0.25, 0.3) is 11.8 Å². The second-order valence-electron chi connectivity index (χ2n) is 9.38. The van der Waals surface area contributed by atoms with E-state index < -0.39 is 16.7 Å². The third-order valence-electron chi connectivity index (χ3n) is 7.76. The quantitative estimate of drug-likeness (QED) is 0.620. The van der Waals surface area contributed by atoms with Crippen molar-refractivity contribution in [1.29, 1.82) is 0 Å². The number of nitrogens with one attached hydrogen (secondary N) is 2. The Morgan fingerprint density at radius 2 is 1.50 bits per heavy atom. The molecule has 2 amide bonds. The number of nitrogens with zero attached hydrogens (tertiary/aromatic N) is 2. The highest BCUT2D eigenvalue weighted by atomic mass is 16.5. The van der Waals surface area contributed by atoms with E-state index >= 15 is 0 Å². The molecule has 1 heterocycles. The third-order valence-corrected chi connectivity index (χ3v) is 7.76. The number of amides is 2. The molecule has 7 nitrogen and oxygen atoms in total. The number of ether oxygens (including phenoxy) is 1. The van der Waals surface area contributed by atoms with Gasteiger partial charge in [-0.2, -0.15) is 0 Å². The molecule has 0 aliphatic heterocycles. The number of hydrogen-bond acceptors (Lipinski definition) is 5. The van der Waals surface area contributed by atoms with E-state index in [4.69, 9.17) is 14.7 Å². The standard InChI is InChI=1S/C25H26N4O3/c1-23(2)24(3)13-14-25(23,21-20(24)26-17-11-7-8-12-18(17)27-21)22(31)29-28-19(30)15-32-16-9-5-4-6-10-16/h4-12H,13-15H2,1-3H3,(H,28,30)(H,29,31). The van der Waals surface area contributed by atoms with Gasteiger partial charge in [0.05, 0.1) is 22.4 Å². The summed E-state index contributed by atoms with van der Waals surface area (Å²) in [6, 6.07) is 16.8. The molecular formula is C25H26N4O3. The molecule has 2 unspecified atom stereocenters. The molecule has 3 aromatic rings. The first kappa shape index (κ1) is 20.4. The van der Waals surface area contributed by atoms with Crippen LogP contribution < -0.4 is 15.6 Å². The molecule has 2 N–H and O–H groups in total. The normalized spacial score (nSPS) is 24.7. The number of carbonyl (C=O) groups is 2. The van der Waals surface area contributed by atoms with Crippen molar-refractivity contribution < 1.29 is 14.3 Å². The van der Waals surface area contributed by atoms with Crippen LogP contribution in [0, 0.1) is 5.41 Å². The second kappa shape index (κ2) is 7.02. The molecular weight excluding hydrogens is 404 g/mol. The summed E-state index contributed by atoms with van der Waals surface area (Å²) in [5, 5.41) is 0. The maximum Gasteiger partial charge on any atom is 0.276 e. The molecule has 2 atom stereocenters. The average molecular weight is 431 g/mol. The lowest BCUT2D eigenvalue weighted by Crippen LogP contribution is -2.56. The van der Waals surface area contributed by atoms with Crippen LogP contribution in [-0.4, -0.2) is 28.4 Å². The number of aromatic nitrogens is 2. The van der Waals surface area contributed by atoms with Crippen LogP contribution in [0.25, 0.3) is 11.0 Å². The van der Waals surface area contributed by atoms with Crippen molar-refractivity contribution in [3.05, 3.63) is 66.0 Å². The smallest absolute Gasteiger partial charge is 0.276 e. The maximum absolute atomic E-state index is 13.6. The highest BCUT2D eigenvalue weighted by Crippen LogP contribution is 2.70. The van der Waals surface area contributed by atoms with E-state index in [2.05, 4.69) is 31.6 Å². The SMILES string of the molecule is CC12CCC(C(=O)NNC(=O)COc3ccccc3)(c3nc4ccccc4nc31)C2(C)C. The second-order valence-corrected chi connectivity index (χ2v) is 9.38. The van der Waals surface area contributed by atoms with Gasteiger partial charge in [0.1, 0.15) is 11.2 Å². The lowest BCUT2D eigenvalue weighted by atomic mass is 9.63. The first-order valence-electron chi connectivity index (χ1n) is 10.8. The fourth-order valence-electron chi connectivity index (χ4n) is 5.48. The molecule has 1 fully saturated rings. The summed E-state index contributed by atoms with van der Waals surface area (Å²) in [6.45, 7) is 6.19. The van der Waals surface area contributed by atoms with E-state index in [0.29, 0.717) is 12.2 Å². The molecule has 1 aromatic heterocycles. The number of rotatable bonds is 4. The summed E-state index contributed by atoms with van der Waals surface area (Å²) in [6.07, 6.45) is 1.48. The van der Waals surface area contributed by atoms with Crippen LogP contribution in [0.3, 0.4) is 0 Å². The van der Waals surface area contributed by atoms with Crippen molar-refractivity contribution >= 4 is 22.8 Å². The Morgan fingerprint density at radius 1 is 0.875 bits per heavy atom. The number of hydrazine groups is 1. The zero-order valence-corrected chi connectivity index (χ0v) is 18.4. The number of para-hydroxylation sites is 3. The van der Waals surface area contributed by atoms with Gasteiger partial charge in [-0.1, -0.05) is 51.1 Å². The van der Waals surface area contributed by atoms with Crippen molar-refractivity contribution in [3.63, 3.8) is 0 Å². The predicted octanol–water partition coefficient (Wildman–Crippen LogP) is 3.19. The average Bonchev–Trinajstić information content (AvgIpc) is 3.10. The fourth-order valence-corrected chi connectivity index (χ4v) is 5.48. The number of benzene rings is 2. The van der Waals surface area contributed by atoms with Gasteiger partial charge in [-0.15, -0.1) is 0 Å². The Hall–Kier alpha value is -3.48. The minimum atomic E-state index is -0.873.